The van der Waals surface area contributed by atoms with E-state index in [1.165, 1.54) is 17.4 Å². The molecule has 1 amide bonds. The maximum absolute atomic E-state index is 11.6. The van der Waals surface area contributed by atoms with Crippen molar-refractivity contribution in [3.63, 3.8) is 0 Å². The molecule has 1 aromatic heterocycles. The van der Waals surface area contributed by atoms with Crippen LogP contribution in [0.15, 0.2) is 28.7 Å². The van der Waals surface area contributed by atoms with Gasteiger partial charge < -0.3 is 9.73 Å². The van der Waals surface area contributed by atoms with Gasteiger partial charge in [0, 0.05) is 24.4 Å². The highest BCUT2D eigenvalue weighted by Gasteiger charge is 2.39. The molecule has 0 spiro atoms. The maximum Gasteiger partial charge on any atom is 0.220 e. The van der Waals surface area contributed by atoms with Crippen LogP contribution >= 0.6 is 0 Å². The number of carbonyl (C=O) groups excluding carboxylic acids is 1. The monoisotopic (exact) mass is 312 g/mol. The predicted octanol–water partition coefficient (Wildman–Crippen LogP) is 3.09. The number of furan rings is 1. The van der Waals surface area contributed by atoms with Gasteiger partial charge in [-0.1, -0.05) is 18.2 Å². The van der Waals surface area contributed by atoms with Crippen LogP contribution in [0.3, 0.4) is 0 Å². The number of nitrogens with one attached hydrogen (secondary N) is 1. The normalized spacial score (nSPS) is 27.4. The number of hydrogen-bond donors (Lipinski definition) is 1. The Morgan fingerprint density at radius 1 is 1.26 bits per heavy atom. The third-order valence-corrected chi connectivity index (χ3v) is 5.78. The van der Waals surface area contributed by atoms with Crippen molar-refractivity contribution in [2.75, 3.05) is 13.6 Å². The van der Waals surface area contributed by atoms with E-state index in [2.05, 4.69) is 36.3 Å². The summed E-state index contributed by atoms with van der Waals surface area (Å²) in [4.78, 5) is 14.0. The molecule has 4 heteroatoms. The first kappa shape index (κ1) is 14.8. The Kier molecular flexibility index (Phi) is 3.64. The van der Waals surface area contributed by atoms with E-state index >= 15 is 0 Å². The number of benzene rings is 1. The van der Waals surface area contributed by atoms with Crippen molar-refractivity contribution in [2.45, 2.75) is 38.8 Å². The molecule has 2 heterocycles. The fraction of sp³-hybridized carbons (Fsp3) is 0.526. The Morgan fingerprint density at radius 2 is 2.04 bits per heavy atom. The van der Waals surface area contributed by atoms with Gasteiger partial charge in [-0.2, -0.15) is 0 Å². The fourth-order valence-corrected chi connectivity index (χ4v) is 4.33. The molecule has 1 N–H and O–H groups in total. The molecule has 2 aliphatic rings. The van der Waals surface area contributed by atoms with Crippen LogP contribution in [0.5, 0.6) is 0 Å². The Balaban J connectivity index is 1.48. The van der Waals surface area contributed by atoms with Crippen LogP contribution in [-0.2, 0) is 11.3 Å². The van der Waals surface area contributed by atoms with Crippen molar-refractivity contribution in [3.05, 3.63) is 35.6 Å². The highest BCUT2D eigenvalue weighted by Crippen LogP contribution is 2.39. The van der Waals surface area contributed by atoms with E-state index in [1.807, 2.05) is 12.1 Å². The van der Waals surface area contributed by atoms with Crippen molar-refractivity contribution in [2.24, 2.45) is 11.8 Å². The second kappa shape index (κ2) is 5.68. The smallest absolute Gasteiger partial charge is 0.220 e. The van der Waals surface area contributed by atoms with E-state index in [4.69, 9.17) is 4.42 Å². The average Bonchev–Trinajstić information content (AvgIpc) is 3.09. The minimum Gasteiger partial charge on any atom is -0.459 e. The summed E-state index contributed by atoms with van der Waals surface area (Å²) in [7, 11) is 2.18. The molecule has 0 bridgehead atoms. The minimum absolute atomic E-state index is 0.225. The molecule has 2 fully saturated rings. The average molecular weight is 312 g/mol. The summed E-state index contributed by atoms with van der Waals surface area (Å²) < 4.78 is 6.06. The van der Waals surface area contributed by atoms with Crippen LogP contribution in [-0.4, -0.2) is 30.4 Å². The second-order valence-electron chi connectivity index (χ2n) is 7.22. The quantitative estimate of drug-likeness (QED) is 0.947. The molecule has 0 unspecified atom stereocenters. The molecule has 4 nitrogen and oxygen atoms in total. The number of rotatable bonds is 3. The van der Waals surface area contributed by atoms with Crippen LogP contribution in [0.2, 0.25) is 0 Å². The molecule has 1 aromatic carbocycles. The standard InChI is InChI=1S/C19H24N2O2/c1-12-16-5-3-4-6-17(16)23-18(12)11-21(2)15-7-13-9-19(22)20-10-14(13)8-15/h3-6,13-15H,7-11H2,1-2H3,(H,20,22)/t13-,14+,15-/m1/s1. The van der Waals surface area contributed by atoms with Gasteiger partial charge in [-0.05, 0) is 50.3 Å². The first-order valence-electron chi connectivity index (χ1n) is 8.55. The molecule has 0 radical (unpaired) electrons. The molecule has 2 aromatic rings. The van der Waals surface area contributed by atoms with Gasteiger partial charge in [0.05, 0.1) is 6.54 Å². The molecule has 122 valence electrons. The molecule has 1 saturated heterocycles. The summed E-state index contributed by atoms with van der Waals surface area (Å²) in [5.74, 6) is 2.50. The number of fused-ring (bicyclic) bond motifs is 2. The lowest BCUT2D eigenvalue weighted by Crippen LogP contribution is -2.38. The van der Waals surface area contributed by atoms with Gasteiger partial charge in [0.25, 0.3) is 0 Å². The lowest BCUT2D eigenvalue weighted by atomic mass is 9.89. The van der Waals surface area contributed by atoms with Crippen molar-refractivity contribution >= 4 is 16.9 Å². The minimum atomic E-state index is 0.225. The van der Waals surface area contributed by atoms with Gasteiger partial charge >= 0.3 is 0 Å². The lowest BCUT2D eigenvalue weighted by Gasteiger charge is -2.24. The van der Waals surface area contributed by atoms with Gasteiger partial charge in [0.15, 0.2) is 0 Å². The van der Waals surface area contributed by atoms with Crippen molar-refractivity contribution in [1.82, 2.24) is 10.2 Å². The summed E-state index contributed by atoms with van der Waals surface area (Å²) in [5, 5.41) is 4.23. The number of amides is 1. The Bertz CT molecular complexity index is 736. The molecular formula is C19H24N2O2. The summed E-state index contributed by atoms with van der Waals surface area (Å²) in [6.45, 7) is 3.84. The van der Waals surface area contributed by atoms with Crippen molar-refractivity contribution in [1.29, 1.82) is 0 Å². The van der Waals surface area contributed by atoms with Gasteiger partial charge in [-0.3, -0.25) is 9.69 Å². The van der Waals surface area contributed by atoms with Crippen LogP contribution in [0.25, 0.3) is 11.0 Å². The Hall–Kier alpha value is -1.81. The molecule has 3 atom stereocenters. The van der Waals surface area contributed by atoms with Crippen molar-refractivity contribution in [3.8, 4) is 0 Å². The van der Waals surface area contributed by atoms with E-state index in [0.29, 0.717) is 24.3 Å². The van der Waals surface area contributed by atoms with E-state index in [0.717, 1.165) is 30.9 Å². The second-order valence-corrected chi connectivity index (χ2v) is 7.22. The molecule has 1 saturated carbocycles. The zero-order valence-corrected chi connectivity index (χ0v) is 13.8. The Morgan fingerprint density at radius 3 is 2.87 bits per heavy atom. The zero-order chi connectivity index (χ0) is 16.0. The van der Waals surface area contributed by atoms with E-state index in [-0.39, 0.29) is 5.91 Å². The molecule has 23 heavy (non-hydrogen) atoms. The summed E-state index contributed by atoms with van der Waals surface area (Å²) in [6, 6.07) is 8.78. The highest BCUT2D eigenvalue weighted by molar-refractivity contribution is 5.81. The zero-order valence-electron chi connectivity index (χ0n) is 13.8. The number of nitrogens with zero attached hydrogens (tertiary/aromatic N) is 1. The molecule has 1 aliphatic carbocycles. The summed E-state index contributed by atoms with van der Waals surface area (Å²) in [6.07, 6.45) is 3.02. The van der Waals surface area contributed by atoms with Gasteiger partial charge in [0.1, 0.15) is 11.3 Å². The van der Waals surface area contributed by atoms with E-state index in [1.54, 1.807) is 0 Å². The summed E-state index contributed by atoms with van der Waals surface area (Å²) in [5.41, 5.74) is 2.22. The SMILES string of the molecule is Cc1c(CN(C)[C@H]2C[C@H]3CNC(=O)C[C@H]3C2)oc2ccccc12. The van der Waals surface area contributed by atoms with Crippen LogP contribution in [0.4, 0.5) is 0 Å². The molecular weight excluding hydrogens is 288 g/mol. The number of carbonyl (C=O) groups is 1. The number of aryl methyl sites for hydroxylation is 1. The van der Waals surface area contributed by atoms with Gasteiger partial charge in [-0.15, -0.1) is 0 Å². The molecule has 4 rings (SSSR count). The van der Waals surface area contributed by atoms with Gasteiger partial charge in [-0.25, -0.2) is 0 Å². The largest absolute Gasteiger partial charge is 0.459 e. The van der Waals surface area contributed by atoms with Crippen molar-refractivity contribution < 1.29 is 9.21 Å². The number of para-hydroxylation sites is 1. The third kappa shape index (κ3) is 2.65. The van der Waals surface area contributed by atoms with E-state index < -0.39 is 0 Å². The number of piperidine rings is 1. The van der Waals surface area contributed by atoms with Crippen LogP contribution < -0.4 is 5.32 Å². The van der Waals surface area contributed by atoms with Crippen LogP contribution in [0.1, 0.15) is 30.6 Å². The Labute approximate surface area is 136 Å². The van der Waals surface area contributed by atoms with E-state index in [9.17, 15) is 4.79 Å². The fourth-order valence-electron chi connectivity index (χ4n) is 4.33. The maximum atomic E-state index is 11.6. The summed E-state index contributed by atoms with van der Waals surface area (Å²) >= 11 is 0. The predicted molar refractivity (Wildman–Crippen MR) is 90.0 cm³/mol. The first-order valence-corrected chi connectivity index (χ1v) is 8.55. The van der Waals surface area contributed by atoms with Gasteiger partial charge in [0.2, 0.25) is 5.91 Å². The topological polar surface area (TPSA) is 45.5 Å². The lowest BCUT2D eigenvalue weighted by molar-refractivity contribution is -0.124. The van der Waals surface area contributed by atoms with Crippen LogP contribution in [0, 0.1) is 18.8 Å². The first-order chi connectivity index (χ1) is 11.1. The number of hydrogen-bond acceptors (Lipinski definition) is 3. The third-order valence-electron chi connectivity index (χ3n) is 5.78. The molecule has 1 aliphatic heterocycles. The highest BCUT2D eigenvalue weighted by atomic mass is 16.3.